The standard InChI is InChI=1S/C25H24N2O6/c28-23(31-17-16-26-24(29)32-20-12-6-2-7-13-20)22(18-19-10-4-1-5-11-19)27-25(30)33-21-14-8-3-9-15-21/h1-15,22H,16-18H2,(H,26,29)(H,27,30)/t22-/m0/s1. The van der Waals surface area contributed by atoms with E-state index >= 15 is 0 Å². The number of carbonyl (C=O) groups excluding carboxylic acids is 3. The Labute approximate surface area is 191 Å². The minimum Gasteiger partial charge on any atom is -0.462 e. The third kappa shape index (κ3) is 8.37. The number of hydrogen-bond acceptors (Lipinski definition) is 6. The van der Waals surface area contributed by atoms with Crippen LogP contribution in [-0.2, 0) is 16.0 Å². The summed E-state index contributed by atoms with van der Waals surface area (Å²) < 4.78 is 15.6. The zero-order chi connectivity index (χ0) is 23.3. The molecule has 0 saturated heterocycles. The second kappa shape index (κ2) is 12.5. The summed E-state index contributed by atoms with van der Waals surface area (Å²) in [4.78, 5) is 36.7. The molecule has 0 saturated carbocycles. The van der Waals surface area contributed by atoms with Crippen molar-refractivity contribution < 1.29 is 28.6 Å². The molecular weight excluding hydrogens is 424 g/mol. The number of para-hydroxylation sites is 2. The van der Waals surface area contributed by atoms with Crippen LogP contribution in [0.5, 0.6) is 11.5 Å². The zero-order valence-corrected chi connectivity index (χ0v) is 17.8. The second-order valence-corrected chi connectivity index (χ2v) is 6.89. The number of hydrogen-bond donors (Lipinski definition) is 2. The summed E-state index contributed by atoms with van der Waals surface area (Å²) in [5, 5.41) is 5.05. The van der Waals surface area contributed by atoms with E-state index in [1.165, 1.54) is 0 Å². The first-order valence-corrected chi connectivity index (χ1v) is 10.3. The molecule has 2 amide bonds. The Bertz CT molecular complexity index is 1030. The highest BCUT2D eigenvalue weighted by Gasteiger charge is 2.24. The highest BCUT2D eigenvalue weighted by molar-refractivity contribution is 5.82. The third-order valence-corrected chi connectivity index (χ3v) is 4.38. The molecule has 3 rings (SSSR count). The van der Waals surface area contributed by atoms with Gasteiger partial charge in [0.05, 0.1) is 6.54 Å². The molecule has 0 heterocycles. The van der Waals surface area contributed by atoms with Crippen LogP contribution in [0.4, 0.5) is 9.59 Å². The fourth-order valence-corrected chi connectivity index (χ4v) is 2.85. The van der Waals surface area contributed by atoms with Crippen LogP contribution in [0.15, 0.2) is 91.0 Å². The first-order chi connectivity index (χ1) is 16.1. The van der Waals surface area contributed by atoms with Crippen LogP contribution in [0, 0.1) is 0 Å². The van der Waals surface area contributed by atoms with E-state index in [1.54, 1.807) is 60.7 Å². The molecule has 1 atom stereocenters. The van der Waals surface area contributed by atoms with Crippen molar-refractivity contribution in [2.75, 3.05) is 13.2 Å². The Morgan fingerprint density at radius 2 is 1.21 bits per heavy atom. The Balaban J connectivity index is 1.50. The predicted octanol–water partition coefficient (Wildman–Crippen LogP) is 3.72. The van der Waals surface area contributed by atoms with Crippen molar-refractivity contribution in [1.29, 1.82) is 0 Å². The minimum atomic E-state index is -0.972. The van der Waals surface area contributed by atoms with Gasteiger partial charge in [-0.1, -0.05) is 66.7 Å². The van der Waals surface area contributed by atoms with E-state index in [1.807, 2.05) is 30.3 Å². The van der Waals surface area contributed by atoms with E-state index in [9.17, 15) is 14.4 Å². The lowest BCUT2D eigenvalue weighted by Crippen LogP contribution is -2.45. The highest BCUT2D eigenvalue weighted by atomic mass is 16.6. The molecule has 0 aromatic heterocycles. The second-order valence-electron chi connectivity index (χ2n) is 6.89. The van der Waals surface area contributed by atoms with Crippen LogP contribution in [-0.4, -0.2) is 37.3 Å². The van der Waals surface area contributed by atoms with Gasteiger partial charge in [-0.15, -0.1) is 0 Å². The van der Waals surface area contributed by atoms with Crippen molar-refractivity contribution in [3.63, 3.8) is 0 Å². The van der Waals surface area contributed by atoms with Gasteiger partial charge in [0.25, 0.3) is 0 Å². The summed E-state index contributed by atoms with van der Waals surface area (Å²) in [6.07, 6.45) is -1.22. The number of ether oxygens (including phenoxy) is 3. The van der Waals surface area contributed by atoms with Gasteiger partial charge in [0, 0.05) is 6.42 Å². The van der Waals surface area contributed by atoms with E-state index in [0.717, 1.165) is 5.56 Å². The average molecular weight is 448 g/mol. The zero-order valence-electron chi connectivity index (χ0n) is 17.8. The first-order valence-electron chi connectivity index (χ1n) is 10.3. The fourth-order valence-electron chi connectivity index (χ4n) is 2.85. The molecule has 0 fully saturated rings. The Morgan fingerprint density at radius 1 is 0.697 bits per heavy atom. The van der Waals surface area contributed by atoms with Crippen LogP contribution >= 0.6 is 0 Å². The Hall–Kier alpha value is -4.33. The van der Waals surface area contributed by atoms with Gasteiger partial charge >= 0.3 is 18.2 Å². The van der Waals surface area contributed by atoms with Gasteiger partial charge in [0.15, 0.2) is 0 Å². The molecule has 0 aliphatic rings. The Kier molecular flexibility index (Phi) is 8.84. The van der Waals surface area contributed by atoms with Gasteiger partial charge in [0.1, 0.15) is 24.1 Å². The maximum atomic E-state index is 12.6. The molecule has 0 unspecified atom stereocenters. The molecule has 0 bridgehead atoms. The summed E-state index contributed by atoms with van der Waals surface area (Å²) in [7, 11) is 0. The van der Waals surface area contributed by atoms with Crippen molar-refractivity contribution in [1.82, 2.24) is 10.6 Å². The average Bonchev–Trinajstić information content (AvgIpc) is 2.83. The third-order valence-electron chi connectivity index (χ3n) is 4.38. The molecule has 8 heteroatoms. The lowest BCUT2D eigenvalue weighted by molar-refractivity contribution is -0.145. The number of carbonyl (C=O) groups is 3. The highest BCUT2D eigenvalue weighted by Crippen LogP contribution is 2.10. The van der Waals surface area contributed by atoms with E-state index in [4.69, 9.17) is 14.2 Å². The fraction of sp³-hybridized carbons (Fsp3) is 0.160. The summed E-state index contributed by atoms with van der Waals surface area (Å²) >= 11 is 0. The van der Waals surface area contributed by atoms with Crippen LogP contribution < -0.4 is 20.1 Å². The molecule has 3 aromatic rings. The van der Waals surface area contributed by atoms with Gasteiger partial charge in [-0.25, -0.2) is 14.4 Å². The molecule has 0 aliphatic heterocycles. The van der Waals surface area contributed by atoms with Crippen molar-refractivity contribution in [2.45, 2.75) is 12.5 Å². The summed E-state index contributed by atoms with van der Waals surface area (Å²) in [6, 6.07) is 25.3. The maximum Gasteiger partial charge on any atom is 0.413 e. The summed E-state index contributed by atoms with van der Waals surface area (Å²) in [6.45, 7) is -0.0483. The van der Waals surface area contributed by atoms with Gasteiger partial charge < -0.3 is 24.8 Å². The lowest BCUT2D eigenvalue weighted by Gasteiger charge is -2.18. The quantitative estimate of drug-likeness (QED) is 0.382. The molecule has 8 nitrogen and oxygen atoms in total. The largest absolute Gasteiger partial charge is 0.462 e. The van der Waals surface area contributed by atoms with Gasteiger partial charge in [-0.3, -0.25) is 0 Å². The minimum absolute atomic E-state index is 0.0456. The monoisotopic (exact) mass is 448 g/mol. The lowest BCUT2D eigenvalue weighted by atomic mass is 10.1. The van der Waals surface area contributed by atoms with E-state index in [2.05, 4.69) is 10.6 Å². The van der Waals surface area contributed by atoms with Crippen LogP contribution in [0.2, 0.25) is 0 Å². The van der Waals surface area contributed by atoms with Crippen molar-refractivity contribution in [3.05, 3.63) is 96.6 Å². The molecule has 0 radical (unpaired) electrons. The molecule has 3 aromatic carbocycles. The summed E-state index contributed by atoms with van der Waals surface area (Å²) in [5.41, 5.74) is 0.837. The molecule has 170 valence electrons. The van der Waals surface area contributed by atoms with Gasteiger partial charge in [0.2, 0.25) is 0 Å². The normalized spacial score (nSPS) is 11.0. The van der Waals surface area contributed by atoms with Crippen molar-refractivity contribution in [2.24, 2.45) is 0 Å². The predicted molar refractivity (Wildman–Crippen MR) is 121 cm³/mol. The van der Waals surface area contributed by atoms with E-state index in [-0.39, 0.29) is 19.6 Å². The Morgan fingerprint density at radius 3 is 1.79 bits per heavy atom. The van der Waals surface area contributed by atoms with Crippen LogP contribution in [0.25, 0.3) is 0 Å². The van der Waals surface area contributed by atoms with E-state index in [0.29, 0.717) is 11.5 Å². The van der Waals surface area contributed by atoms with Crippen LogP contribution in [0.1, 0.15) is 5.56 Å². The van der Waals surface area contributed by atoms with E-state index < -0.39 is 24.2 Å². The molecular formula is C25H24N2O6. The number of rotatable bonds is 9. The molecule has 0 spiro atoms. The SMILES string of the molecule is O=C(NCCOC(=O)[C@H](Cc1ccccc1)NC(=O)Oc1ccccc1)Oc1ccccc1. The number of esters is 1. The summed E-state index contributed by atoms with van der Waals surface area (Å²) in [5.74, 6) is 0.0982. The first kappa shape index (κ1) is 23.3. The molecule has 0 aliphatic carbocycles. The molecule has 2 N–H and O–H groups in total. The van der Waals surface area contributed by atoms with Crippen LogP contribution in [0.3, 0.4) is 0 Å². The topological polar surface area (TPSA) is 103 Å². The van der Waals surface area contributed by atoms with Gasteiger partial charge in [-0.05, 0) is 29.8 Å². The maximum absolute atomic E-state index is 12.6. The molecule has 33 heavy (non-hydrogen) atoms. The van der Waals surface area contributed by atoms with Crippen molar-refractivity contribution >= 4 is 18.2 Å². The van der Waals surface area contributed by atoms with Gasteiger partial charge in [-0.2, -0.15) is 0 Å². The smallest absolute Gasteiger partial charge is 0.413 e. The number of benzene rings is 3. The van der Waals surface area contributed by atoms with Crippen molar-refractivity contribution in [3.8, 4) is 11.5 Å². The number of amides is 2. The number of nitrogens with one attached hydrogen (secondary N) is 2.